The Labute approximate surface area is 165 Å². The molecule has 4 rings (SSSR count). The average molecular weight is 406 g/mol. The van der Waals surface area contributed by atoms with Crippen LogP contribution in [0.5, 0.6) is 23.0 Å². The van der Waals surface area contributed by atoms with E-state index >= 15 is 0 Å². The molecule has 2 aromatic carbocycles. The van der Waals surface area contributed by atoms with Crippen molar-refractivity contribution in [2.24, 2.45) is 0 Å². The molecule has 2 aliphatic heterocycles. The maximum atomic E-state index is 10.7. The van der Waals surface area contributed by atoms with Gasteiger partial charge in [0, 0.05) is 17.0 Å². The fourth-order valence-corrected chi connectivity index (χ4v) is 4.06. The molecule has 0 amide bonds. The lowest BCUT2D eigenvalue weighted by Gasteiger charge is -2.44. The Morgan fingerprint density at radius 2 is 1.55 bits per heavy atom. The Hall–Kier alpha value is -2.40. The van der Waals surface area contributed by atoms with Crippen LogP contribution in [-0.2, 0) is 11.3 Å². The number of phenolic OH excluding ortho intramolecular Hbond substituents is 2. The number of benzene rings is 2. The van der Waals surface area contributed by atoms with Crippen LogP contribution in [0, 0.1) is 0 Å². The molecule has 2 heterocycles. The number of ether oxygens (including phenoxy) is 2. The van der Waals surface area contributed by atoms with Crippen LogP contribution in [0.2, 0.25) is 0 Å². The minimum atomic E-state index is -1.59. The number of aromatic hydroxyl groups is 2. The van der Waals surface area contributed by atoms with E-state index in [1.165, 1.54) is 12.1 Å². The van der Waals surface area contributed by atoms with Gasteiger partial charge in [0.15, 0.2) is 23.0 Å². The summed E-state index contributed by atoms with van der Waals surface area (Å²) in [5.74, 6) is -1.26. The van der Waals surface area contributed by atoms with Crippen LogP contribution >= 0.6 is 0 Å². The van der Waals surface area contributed by atoms with Gasteiger partial charge < -0.3 is 45.2 Å². The van der Waals surface area contributed by atoms with E-state index in [9.17, 15) is 35.7 Å². The van der Waals surface area contributed by atoms with Crippen molar-refractivity contribution in [3.63, 3.8) is 0 Å². The van der Waals surface area contributed by atoms with Crippen LogP contribution in [0.4, 0.5) is 0 Å². The van der Waals surface area contributed by atoms with Crippen molar-refractivity contribution in [2.75, 3.05) is 6.61 Å². The van der Waals surface area contributed by atoms with Gasteiger partial charge in [-0.25, -0.2) is 0 Å². The van der Waals surface area contributed by atoms with Gasteiger partial charge in [0.1, 0.15) is 24.4 Å². The summed E-state index contributed by atoms with van der Waals surface area (Å²) in [5, 5.41) is 70.7. The summed E-state index contributed by atoms with van der Waals surface area (Å²) in [6, 6.07) is 7.47. The zero-order valence-corrected chi connectivity index (χ0v) is 15.2. The minimum absolute atomic E-state index is 0.0122. The third kappa shape index (κ3) is 3.12. The van der Waals surface area contributed by atoms with Crippen LogP contribution in [0.15, 0.2) is 30.3 Å². The number of aliphatic hydroxyl groups excluding tert-OH is 5. The zero-order chi connectivity index (χ0) is 20.9. The predicted octanol–water partition coefficient (Wildman–Crippen LogP) is -0.330. The highest BCUT2D eigenvalue weighted by Crippen LogP contribution is 2.54. The fraction of sp³-hybridized carbons (Fsp3) is 0.400. The van der Waals surface area contributed by atoms with E-state index in [-0.39, 0.29) is 29.6 Å². The highest BCUT2D eigenvalue weighted by molar-refractivity contribution is 5.63. The van der Waals surface area contributed by atoms with E-state index in [4.69, 9.17) is 9.47 Å². The third-order valence-corrected chi connectivity index (χ3v) is 5.50. The van der Waals surface area contributed by atoms with Crippen LogP contribution < -0.4 is 4.74 Å². The molecule has 0 spiro atoms. The molecule has 0 aromatic heterocycles. The molecule has 29 heavy (non-hydrogen) atoms. The first-order chi connectivity index (χ1) is 13.9. The number of hydrogen-bond donors (Lipinski definition) is 7. The third-order valence-electron chi connectivity index (χ3n) is 5.50. The minimum Gasteiger partial charge on any atom is -0.504 e. The van der Waals surface area contributed by atoms with Crippen LogP contribution in [0.3, 0.4) is 0 Å². The molecular weight excluding hydrogens is 384 g/mol. The SMILES string of the molecule is OCc1cc(O)c2c(c1)[C@H]([C@@H]1O[C@H](CO)[C@@H](O)[C@H](O)[C@H]1O)c1cccc(O)c1O2. The molecule has 0 bridgehead atoms. The Balaban J connectivity index is 1.91. The molecule has 0 radical (unpaired) electrons. The van der Waals surface area contributed by atoms with E-state index in [2.05, 4.69) is 0 Å². The van der Waals surface area contributed by atoms with Crippen molar-refractivity contribution in [1.82, 2.24) is 0 Å². The Kier molecular flexibility index (Phi) is 5.11. The van der Waals surface area contributed by atoms with Gasteiger partial charge in [-0.05, 0) is 23.8 Å². The predicted molar refractivity (Wildman–Crippen MR) is 97.8 cm³/mol. The quantitative estimate of drug-likeness (QED) is 0.362. The second kappa shape index (κ2) is 7.45. The van der Waals surface area contributed by atoms with Crippen molar-refractivity contribution >= 4 is 0 Å². The number of phenols is 2. The Bertz CT molecular complexity index is 913. The molecule has 0 unspecified atom stereocenters. The normalized spacial score (nSPS) is 30.9. The van der Waals surface area contributed by atoms with Gasteiger partial charge in [-0.3, -0.25) is 0 Å². The van der Waals surface area contributed by atoms with E-state index in [1.54, 1.807) is 18.2 Å². The van der Waals surface area contributed by atoms with Crippen LogP contribution in [0.25, 0.3) is 0 Å². The molecule has 156 valence electrons. The molecule has 2 aromatic rings. The largest absolute Gasteiger partial charge is 0.504 e. The summed E-state index contributed by atoms with van der Waals surface area (Å²) in [6.45, 7) is -0.957. The lowest BCUT2D eigenvalue weighted by atomic mass is 9.78. The van der Waals surface area contributed by atoms with Crippen molar-refractivity contribution in [3.8, 4) is 23.0 Å². The second-order valence-electron chi connectivity index (χ2n) is 7.26. The standard InChI is InChI=1S/C20H22O9/c21-6-8-4-10-14(20-17(27)16(26)15(25)13(7-22)28-20)9-2-1-3-11(23)18(9)29-19(10)12(24)5-8/h1-5,13-17,20-27H,6-7H2/t13-,14-,15-,16+,17-,20+/m1/s1. The summed E-state index contributed by atoms with van der Waals surface area (Å²) in [6.07, 6.45) is -6.93. The monoisotopic (exact) mass is 406 g/mol. The molecule has 1 fully saturated rings. The van der Waals surface area contributed by atoms with E-state index in [0.29, 0.717) is 16.7 Å². The number of fused-ring (bicyclic) bond motifs is 2. The summed E-state index contributed by atoms with van der Waals surface area (Å²) in [5.41, 5.74) is 1.15. The molecule has 1 saturated heterocycles. The lowest BCUT2D eigenvalue weighted by Crippen LogP contribution is -2.60. The van der Waals surface area contributed by atoms with Crippen molar-refractivity contribution < 1.29 is 45.2 Å². The van der Waals surface area contributed by atoms with E-state index in [1.807, 2.05) is 0 Å². The molecule has 6 atom stereocenters. The number of aliphatic hydroxyl groups is 5. The molecule has 0 saturated carbocycles. The Morgan fingerprint density at radius 3 is 2.24 bits per heavy atom. The number of hydrogen-bond acceptors (Lipinski definition) is 9. The van der Waals surface area contributed by atoms with Gasteiger partial charge in [0.2, 0.25) is 0 Å². The topological polar surface area (TPSA) is 160 Å². The van der Waals surface area contributed by atoms with E-state index < -0.39 is 43.0 Å². The lowest BCUT2D eigenvalue weighted by molar-refractivity contribution is -0.232. The molecule has 9 heteroatoms. The molecule has 9 nitrogen and oxygen atoms in total. The van der Waals surface area contributed by atoms with Gasteiger partial charge >= 0.3 is 0 Å². The smallest absolute Gasteiger partial charge is 0.173 e. The van der Waals surface area contributed by atoms with Gasteiger partial charge in [-0.15, -0.1) is 0 Å². The molecule has 7 N–H and O–H groups in total. The summed E-state index contributed by atoms with van der Waals surface area (Å²) in [4.78, 5) is 0. The summed E-state index contributed by atoms with van der Waals surface area (Å²) in [7, 11) is 0. The first-order valence-electron chi connectivity index (χ1n) is 9.14. The first kappa shape index (κ1) is 19.9. The van der Waals surface area contributed by atoms with Gasteiger partial charge in [-0.1, -0.05) is 12.1 Å². The van der Waals surface area contributed by atoms with Crippen molar-refractivity contribution in [1.29, 1.82) is 0 Å². The van der Waals surface area contributed by atoms with Crippen LogP contribution in [0.1, 0.15) is 22.6 Å². The highest BCUT2D eigenvalue weighted by Gasteiger charge is 2.49. The van der Waals surface area contributed by atoms with Gasteiger partial charge in [0.25, 0.3) is 0 Å². The average Bonchev–Trinajstić information content (AvgIpc) is 2.72. The van der Waals surface area contributed by atoms with E-state index in [0.717, 1.165) is 0 Å². The van der Waals surface area contributed by atoms with Crippen molar-refractivity contribution in [2.45, 2.75) is 43.0 Å². The maximum absolute atomic E-state index is 10.7. The van der Waals surface area contributed by atoms with Crippen LogP contribution in [-0.4, -0.2) is 72.9 Å². The molecule has 2 aliphatic rings. The molecule has 0 aliphatic carbocycles. The number of para-hydroxylation sites is 1. The summed E-state index contributed by atoms with van der Waals surface area (Å²) >= 11 is 0. The van der Waals surface area contributed by atoms with Gasteiger partial charge in [-0.2, -0.15) is 0 Å². The van der Waals surface area contributed by atoms with Gasteiger partial charge in [0.05, 0.1) is 19.3 Å². The molecular formula is C20H22O9. The Morgan fingerprint density at radius 1 is 0.828 bits per heavy atom. The second-order valence-corrected chi connectivity index (χ2v) is 7.26. The first-order valence-corrected chi connectivity index (χ1v) is 9.14. The highest BCUT2D eigenvalue weighted by atomic mass is 16.5. The summed E-state index contributed by atoms with van der Waals surface area (Å²) < 4.78 is 11.5. The zero-order valence-electron chi connectivity index (χ0n) is 15.2. The fourth-order valence-electron chi connectivity index (χ4n) is 4.06. The number of rotatable bonds is 3. The maximum Gasteiger partial charge on any atom is 0.173 e. The van der Waals surface area contributed by atoms with Crippen molar-refractivity contribution in [3.05, 3.63) is 47.0 Å².